The van der Waals surface area contributed by atoms with Crippen LogP contribution in [0.3, 0.4) is 0 Å². The molecule has 0 spiro atoms. The molecule has 0 radical (unpaired) electrons. The molecule has 3 rings (SSSR count). The van der Waals surface area contributed by atoms with Crippen LogP contribution in [0, 0.1) is 12.8 Å². The summed E-state index contributed by atoms with van der Waals surface area (Å²) < 4.78 is 1.89. The van der Waals surface area contributed by atoms with Crippen molar-refractivity contribution in [3.8, 4) is 11.3 Å². The van der Waals surface area contributed by atoms with E-state index >= 15 is 0 Å². The quantitative estimate of drug-likeness (QED) is 0.766. The zero-order valence-electron chi connectivity index (χ0n) is 14.2. The van der Waals surface area contributed by atoms with E-state index in [4.69, 9.17) is 0 Å². The van der Waals surface area contributed by atoms with Gasteiger partial charge in [-0.3, -0.25) is 9.67 Å². The van der Waals surface area contributed by atoms with Gasteiger partial charge in [-0.1, -0.05) is 19.9 Å². The number of nitrogens with zero attached hydrogens (tertiary/aromatic N) is 3. The largest absolute Gasteiger partial charge is 0.478 e. The number of aryl methyl sites for hydroxylation is 2. The third-order valence-electron chi connectivity index (χ3n) is 4.12. The summed E-state index contributed by atoms with van der Waals surface area (Å²) in [5, 5.41) is 14.9. The molecule has 0 saturated carbocycles. The molecule has 0 amide bonds. The van der Waals surface area contributed by atoms with Crippen LogP contribution in [0.1, 0.15) is 36.2 Å². The van der Waals surface area contributed by atoms with Crippen molar-refractivity contribution in [2.45, 2.75) is 33.7 Å². The Kier molecular flexibility index (Phi) is 4.34. The summed E-state index contributed by atoms with van der Waals surface area (Å²) in [6.45, 7) is 7.07. The fourth-order valence-corrected chi connectivity index (χ4v) is 2.70. The Balaban J connectivity index is 2.17. The average molecular weight is 323 g/mol. The van der Waals surface area contributed by atoms with E-state index in [1.54, 1.807) is 24.5 Å². The van der Waals surface area contributed by atoms with Crippen molar-refractivity contribution in [3.63, 3.8) is 0 Å². The zero-order chi connectivity index (χ0) is 17.3. The number of fused-ring (bicyclic) bond motifs is 1. The van der Waals surface area contributed by atoms with Gasteiger partial charge in [-0.25, -0.2) is 4.79 Å². The van der Waals surface area contributed by atoms with Crippen LogP contribution in [0.25, 0.3) is 22.2 Å². The zero-order valence-corrected chi connectivity index (χ0v) is 14.2. The Morgan fingerprint density at radius 3 is 2.67 bits per heavy atom. The molecule has 2 aromatic heterocycles. The standard InChI is InChI=1S/C19H21N3O2/c1-12(2)6-7-22-18-9-14(19(23)24)8-15(16(18)11-21-22)17-5-4-13(3)10-20-17/h4-5,8-12H,6-7H2,1-3H3,(H,23,24). The Morgan fingerprint density at radius 2 is 2.04 bits per heavy atom. The van der Waals surface area contributed by atoms with E-state index in [1.165, 1.54) is 0 Å². The predicted octanol–water partition coefficient (Wildman–Crippen LogP) is 4.15. The van der Waals surface area contributed by atoms with Crippen molar-refractivity contribution in [1.29, 1.82) is 0 Å². The van der Waals surface area contributed by atoms with Crippen molar-refractivity contribution in [2.24, 2.45) is 5.92 Å². The molecule has 2 heterocycles. The number of aromatic nitrogens is 3. The Morgan fingerprint density at radius 1 is 1.25 bits per heavy atom. The normalized spacial score (nSPS) is 11.3. The second-order valence-corrected chi connectivity index (χ2v) is 6.53. The first-order valence-electron chi connectivity index (χ1n) is 8.11. The predicted molar refractivity (Wildman–Crippen MR) is 94.1 cm³/mol. The monoisotopic (exact) mass is 323 g/mol. The van der Waals surface area contributed by atoms with Crippen molar-refractivity contribution in [2.75, 3.05) is 0 Å². The summed E-state index contributed by atoms with van der Waals surface area (Å²) in [5.41, 5.74) is 3.73. The van der Waals surface area contributed by atoms with Crippen LogP contribution in [0.2, 0.25) is 0 Å². The number of pyridine rings is 1. The number of hydrogen-bond donors (Lipinski definition) is 1. The lowest BCUT2D eigenvalue weighted by Crippen LogP contribution is -2.04. The Bertz CT molecular complexity index is 880. The lowest BCUT2D eigenvalue weighted by Gasteiger charge is -2.09. The van der Waals surface area contributed by atoms with Gasteiger partial charge in [0, 0.05) is 23.7 Å². The van der Waals surface area contributed by atoms with Gasteiger partial charge >= 0.3 is 5.97 Å². The van der Waals surface area contributed by atoms with Crippen molar-refractivity contribution in [3.05, 3.63) is 47.8 Å². The van der Waals surface area contributed by atoms with Gasteiger partial charge in [-0.2, -0.15) is 5.10 Å². The topological polar surface area (TPSA) is 68.0 Å². The minimum Gasteiger partial charge on any atom is -0.478 e. The fraction of sp³-hybridized carbons (Fsp3) is 0.316. The van der Waals surface area contributed by atoms with Gasteiger partial charge in [0.15, 0.2) is 0 Å². The summed E-state index contributed by atoms with van der Waals surface area (Å²) in [6, 6.07) is 7.27. The number of hydrogen-bond acceptors (Lipinski definition) is 3. The molecule has 5 heteroatoms. The Hall–Kier alpha value is -2.69. The lowest BCUT2D eigenvalue weighted by molar-refractivity contribution is 0.0697. The van der Waals surface area contributed by atoms with E-state index in [9.17, 15) is 9.90 Å². The highest BCUT2D eigenvalue weighted by Crippen LogP contribution is 2.29. The van der Waals surface area contributed by atoms with Crippen molar-refractivity contribution < 1.29 is 9.90 Å². The Labute approximate surface area is 141 Å². The molecule has 0 aliphatic heterocycles. The van der Waals surface area contributed by atoms with E-state index < -0.39 is 5.97 Å². The van der Waals surface area contributed by atoms with Crippen LogP contribution in [0.4, 0.5) is 0 Å². The van der Waals surface area contributed by atoms with Crippen LogP contribution < -0.4 is 0 Å². The molecule has 24 heavy (non-hydrogen) atoms. The first-order valence-corrected chi connectivity index (χ1v) is 8.11. The third kappa shape index (κ3) is 3.15. The molecule has 0 saturated heterocycles. The minimum absolute atomic E-state index is 0.256. The maximum absolute atomic E-state index is 11.5. The van der Waals surface area contributed by atoms with Gasteiger partial charge in [0.2, 0.25) is 0 Å². The summed E-state index contributed by atoms with van der Waals surface area (Å²) in [6.07, 6.45) is 4.59. The van der Waals surface area contributed by atoms with E-state index in [1.807, 2.05) is 23.7 Å². The van der Waals surface area contributed by atoms with Crippen LogP contribution in [-0.2, 0) is 6.54 Å². The number of carboxylic acid groups (broad SMARTS) is 1. The molecule has 0 atom stereocenters. The molecule has 5 nitrogen and oxygen atoms in total. The average Bonchev–Trinajstić information content (AvgIpc) is 2.96. The smallest absolute Gasteiger partial charge is 0.335 e. The highest BCUT2D eigenvalue weighted by molar-refractivity contribution is 6.00. The lowest BCUT2D eigenvalue weighted by atomic mass is 10.0. The molecule has 0 bridgehead atoms. The second-order valence-electron chi connectivity index (χ2n) is 6.53. The molecule has 0 fully saturated rings. The second kappa shape index (κ2) is 6.43. The molecular weight excluding hydrogens is 302 g/mol. The minimum atomic E-state index is -0.943. The third-order valence-corrected chi connectivity index (χ3v) is 4.12. The molecule has 0 aliphatic carbocycles. The number of aromatic carboxylic acids is 1. The summed E-state index contributed by atoms with van der Waals surface area (Å²) in [4.78, 5) is 16.0. The molecule has 1 N–H and O–H groups in total. The molecule has 0 aliphatic rings. The van der Waals surface area contributed by atoms with Crippen LogP contribution in [0.15, 0.2) is 36.7 Å². The molecule has 0 unspecified atom stereocenters. The van der Waals surface area contributed by atoms with Crippen molar-refractivity contribution in [1.82, 2.24) is 14.8 Å². The van der Waals surface area contributed by atoms with Gasteiger partial charge in [-0.05, 0) is 43.0 Å². The van der Waals surface area contributed by atoms with Gasteiger partial charge < -0.3 is 5.11 Å². The SMILES string of the molecule is Cc1ccc(-c2cc(C(=O)O)cc3c2cnn3CCC(C)C)nc1. The van der Waals surface area contributed by atoms with Crippen LogP contribution >= 0.6 is 0 Å². The first kappa shape index (κ1) is 16.2. The van der Waals surface area contributed by atoms with Gasteiger partial charge in [0.05, 0.1) is 23.0 Å². The van der Waals surface area contributed by atoms with E-state index in [0.717, 1.165) is 40.7 Å². The summed E-state index contributed by atoms with van der Waals surface area (Å²) in [7, 11) is 0. The van der Waals surface area contributed by atoms with Crippen molar-refractivity contribution >= 4 is 16.9 Å². The van der Waals surface area contributed by atoms with E-state index in [2.05, 4.69) is 23.9 Å². The van der Waals surface area contributed by atoms with Gasteiger partial charge in [0.1, 0.15) is 0 Å². The highest BCUT2D eigenvalue weighted by atomic mass is 16.4. The van der Waals surface area contributed by atoms with Gasteiger partial charge in [0.25, 0.3) is 0 Å². The summed E-state index contributed by atoms with van der Waals surface area (Å²) in [5.74, 6) is -0.382. The molecule has 3 aromatic rings. The number of carboxylic acids is 1. The van der Waals surface area contributed by atoms with Gasteiger partial charge in [-0.15, -0.1) is 0 Å². The molecule has 124 valence electrons. The number of carbonyl (C=O) groups is 1. The van der Waals surface area contributed by atoms with E-state index in [-0.39, 0.29) is 5.56 Å². The number of benzene rings is 1. The highest BCUT2D eigenvalue weighted by Gasteiger charge is 2.15. The molecule has 1 aromatic carbocycles. The maximum atomic E-state index is 11.5. The first-order chi connectivity index (χ1) is 11.5. The summed E-state index contributed by atoms with van der Waals surface area (Å²) >= 11 is 0. The number of rotatable bonds is 5. The van der Waals surface area contributed by atoms with Crippen LogP contribution in [0.5, 0.6) is 0 Å². The van der Waals surface area contributed by atoms with E-state index in [0.29, 0.717) is 5.92 Å². The maximum Gasteiger partial charge on any atom is 0.335 e. The molecular formula is C19H21N3O2. The fourth-order valence-electron chi connectivity index (χ4n) is 2.70. The van der Waals surface area contributed by atoms with Crippen LogP contribution in [-0.4, -0.2) is 25.8 Å².